The summed E-state index contributed by atoms with van der Waals surface area (Å²) in [5.74, 6) is -0.716. The van der Waals surface area contributed by atoms with Crippen molar-refractivity contribution in [3.8, 4) is 10.6 Å². The summed E-state index contributed by atoms with van der Waals surface area (Å²) < 4.78 is 43.5. The fourth-order valence-corrected chi connectivity index (χ4v) is 6.14. The van der Waals surface area contributed by atoms with Crippen LogP contribution in [0, 0.1) is 0 Å². The third-order valence-corrected chi connectivity index (χ3v) is 7.56. The van der Waals surface area contributed by atoms with Gasteiger partial charge in [-0.25, -0.2) is 22.5 Å². The van der Waals surface area contributed by atoms with Crippen LogP contribution in [0.15, 0.2) is 40.5 Å². The Hall–Kier alpha value is -2.43. The summed E-state index contributed by atoms with van der Waals surface area (Å²) in [7, 11) is -1.99. The molecule has 3 aromatic rings. The van der Waals surface area contributed by atoms with Gasteiger partial charge in [0.05, 0.1) is 17.6 Å². The van der Waals surface area contributed by atoms with Crippen molar-refractivity contribution in [3.63, 3.8) is 0 Å². The van der Waals surface area contributed by atoms with E-state index in [1.165, 1.54) is 16.0 Å². The Morgan fingerprint density at radius 3 is 2.61 bits per heavy atom. The fraction of sp³-hybridized carbons (Fsp3) is 0.435. The van der Waals surface area contributed by atoms with Crippen molar-refractivity contribution in [1.29, 1.82) is 0 Å². The number of fused-ring (bicyclic) bond motifs is 1. The zero-order valence-corrected chi connectivity index (χ0v) is 20.6. The van der Waals surface area contributed by atoms with Crippen molar-refractivity contribution in [1.82, 2.24) is 19.5 Å². The SMILES string of the molecule is CC(C)c1nn(C)c2c(c1=O)[C@@H](Cc1csc(-c3ccccc3)n1)[C@@H](NS(C)(=O)=O)C[C@H]2F. The average Bonchev–Trinajstić information content (AvgIpc) is 3.20. The van der Waals surface area contributed by atoms with Crippen molar-refractivity contribution >= 4 is 21.4 Å². The van der Waals surface area contributed by atoms with E-state index in [-0.39, 0.29) is 23.5 Å². The molecule has 0 aliphatic heterocycles. The molecule has 33 heavy (non-hydrogen) atoms. The molecule has 10 heteroatoms. The van der Waals surface area contributed by atoms with Gasteiger partial charge in [0.25, 0.3) is 0 Å². The lowest BCUT2D eigenvalue weighted by atomic mass is 9.78. The largest absolute Gasteiger partial charge is 0.287 e. The first-order chi connectivity index (χ1) is 15.5. The quantitative estimate of drug-likeness (QED) is 0.569. The number of hydrogen-bond donors (Lipinski definition) is 1. The number of rotatable bonds is 6. The lowest BCUT2D eigenvalue weighted by molar-refractivity contribution is 0.235. The van der Waals surface area contributed by atoms with Gasteiger partial charge in [0.1, 0.15) is 16.9 Å². The Labute approximate surface area is 196 Å². The van der Waals surface area contributed by atoms with E-state index in [1.807, 2.05) is 49.6 Å². The van der Waals surface area contributed by atoms with E-state index in [1.54, 1.807) is 7.05 Å². The van der Waals surface area contributed by atoms with Crippen LogP contribution in [0.4, 0.5) is 4.39 Å². The van der Waals surface area contributed by atoms with E-state index < -0.39 is 28.2 Å². The van der Waals surface area contributed by atoms with Crippen LogP contribution in [0.1, 0.15) is 60.9 Å². The fourth-order valence-electron chi connectivity index (χ4n) is 4.49. The average molecular weight is 491 g/mol. The summed E-state index contributed by atoms with van der Waals surface area (Å²) in [5, 5.41) is 7.08. The van der Waals surface area contributed by atoms with Crippen LogP contribution in [0.25, 0.3) is 10.6 Å². The summed E-state index contributed by atoms with van der Waals surface area (Å²) in [6.45, 7) is 3.72. The molecule has 1 aliphatic rings. The smallest absolute Gasteiger partial charge is 0.208 e. The monoisotopic (exact) mass is 490 g/mol. The molecule has 0 amide bonds. The number of thiazole rings is 1. The summed E-state index contributed by atoms with van der Waals surface area (Å²) >= 11 is 1.48. The number of aromatic nitrogens is 3. The van der Waals surface area contributed by atoms with Crippen LogP contribution in [0.5, 0.6) is 0 Å². The highest BCUT2D eigenvalue weighted by molar-refractivity contribution is 7.88. The molecule has 1 aromatic carbocycles. The van der Waals surface area contributed by atoms with E-state index in [2.05, 4.69) is 9.82 Å². The highest BCUT2D eigenvalue weighted by atomic mass is 32.2. The van der Waals surface area contributed by atoms with Gasteiger partial charge in [-0.15, -0.1) is 11.3 Å². The number of benzene rings is 1. The first-order valence-corrected chi connectivity index (χ1v) is 13.5. The minimum atomic E-state index is -3.62. The maximum atomic E-state index is 15.3. The Morgan fingerprint density at radius 1 is 1.27 bits per heavy atom. The standard InChI is InChI=1S/C23H27FN4O3S2/c1-13(2)20-22(29)19-16(10-15-12-32-23(25-15)14-8-6-5-7-9-14)18(27-33(4,30)31)11-17(24)21(19)28(3)26-20/h5-9,12-13,16-18,27H,10-11H2,1-4H3/t16-,17+,18-/m0/s1. The minimum absolute atomic E-state index is 0.0730. The molecule has 0 radical (unpaired) electrons. The van der Waals surface area contributed by atoms with Gasteiger partial charge in [0.15, 0.2) is 0 Å². The second-order valence-electron chi connectivity index (χ2n) is 8.81. The number of nitrogens with zero attached hydrogens (tertiary/aromatic N) is 3. The molecule has 1 N–H and O–H groups in total. The predicted octanol–water partition coefficient (Wildman–Crippen LogP) is 3.69. The van der Waals surface area contributed by atoms with Gasteiger partial charge in [0, 0.05) is 47.9 Å². The summed E-state index contributed by atoms with van der Waals surface area (Å²) in [6.07, 6.45) is -0.214. The molecule has 0 spiro atoms. The summed E-state index contributed by atoms with van der Waals surface area (Å²) in [6, 6.07) is 8.98. The number of halogens is 1. The lowest BCUT2D eigenvalue weighted by Gasteiger charge is -2.35. The first-order valence-electron chi connectivity index (χ1n) is 10.8. The second kappa shape index (κ2) is 9.08. The number of alkyl halides is 1. The lowest BCUT2D eigenvalue weighted by Crippen LogP contribution is -2.46. The van der Waals surface area contributed by atoms with Crippen molar-refractivity contribution in [2.45, 2.75) is 50.7 Å². The Balaban J connectivity index is 1.82. The van der Waals surface area contributed by atoms with E-state index in [0.717, 1.165) is 22.5 Å². The third kappa shape index (κ3) is 4.92. The maximum Gasteiger partial charge on any atom is 0.208 e. The van der Waals surface area contributed by atoms with Crippen molar-refractivity contribution in [2.24, 2.45) is 7.05 Å². The van der Waals surface area contributed by atoms with Gasteiger partial charge >= 0.3 is 0 Å². The molecule has 0 saturated heterocycles. The van der Waals surface area contributed by atoms with E-state index in [0.29, 0.717) is 17.7 Å². The topological polar surface area (TPSA) is 93.9 Å². The predicted molar refractivity (Wildman–Crippen MR) is 128 cm³/mol. The summed E-state index contributed by atoms with van der Waals surface area (Å²) in [5.41, 5.74) is 2.26. The van der Waals surface area contributed by atoms with E-state index >= 15 is 4.39 Å². The number of aryl methyl sites for hydroxylation is 1. The highest BCUT2D eigenvalue weighted by Crippen LogP contribution is 2.40. The third-order valence-electron chi connectivity index (χ3n) is 5.89. The number of sulfonamides is 1. The zero-order chi connectivity index (χ0) is 23.9. The second-order valence-corrected chi connectivity index (χ2v) is 11.5. The maximum absolute atomic E-state index is 15.3. The van der Waals surface area contributed by atoms with Crippen LogP contribution in [-0.2, 0) is 23.5 Å². The van der Waals surface area contributed by atoms with Crippen molar-refractivity contribution in [2.75, 3.05) is 6.26 Å². The molecule has 4 rings (SSSR count). The van der Waals surface area contributed by atoms with Gasteiger partial charge in [0.2, 0.25) is 15.5 Å². The normalized spacial score (nSPS) is 20.7. The zero-order valence-electron chi connectivity index (χ0n) is 18.9. The molecule has 0 bridgehead atoms. The molecule has 7 nitrogen and oxygen atoms in total. The van der Waals surface area contributed by atoms with Crippen molar-refractivity contribution in [3.05, 3.63) is 68.6 Å². The van der Waals surface area contributed by atoms with Gasteiger partial charge in [-0.2, -0.15) is 5.10 Å². The molecule has 1 aliphatic carbocycles. The van der Waals surface area contributed by atoms with Gasteiger partial charge in [-0.1, -0.05) is 44.2 Å². The minimum Gasteiger partial charge on any atom is -0.287 e. The number of hydrogen-bond acceptors (Lipinski definition) is 6. The van der Waals surface area contributed by atoms with Crippen LogP contribution >= 0.6 is 11.3 Å². The molecule has 0 saturated carbocycles. The van der Waals surface area contributed by atoms with Crippen LogP contribution in [0.2, 0.25) is 0 Å². The Bertz CT molecular complexity index is 1320. The van der Waals surface area contributed by atoms with E-state index in [9.17, 15) is 13.2 Å². The van der Waals surface area contributed by atoms with Gasteiger partial charge in [-0.05, 0) is 6.42 Å². The Kier molecular flexibility index (Phi) is 6.52. The van der Waals surface area contributed by atoms with Crippen LogP contribution in [0.3, 0.4) is 0 Å². The molecule has 2 heterocycles. The highest BCUT2D eigenvalue weighted by Gasteiger charge is 2.41. The molecule has 3 atom stereocenters. The molecule has 0 fully saturated rings. The Morgan fingerprint density at radius 2 is 1.97 bits per heavy atom. The summed E-state index contributed by atoms with van der Waals surface area (Å²) in [4.78, 5) is 18.2. The van der Waals surface area contributed by atoms with Gasteiger partial charge < -0.3 is 0 Å². The first kappa shape index (κ1) is 23.7. The van der Waals surface area contributed by atoms with Crippen molar-refractivity contribution < 1.29 is 12.8 Å². The van der Waals surface area contributed by atoms with Crippen LogP contribution < -0.4 is 10.2 Å². The molecular weight excluding hydrogens is 463 g/mol. The molecule has 176 valence electrons. The molecule has 2 aromatic heterocycles. The number of nitrogens with one attached hydrogen (secondary N) is 1. The van der Waals surface area contributed by atoms with Gasteiger partial charge in [-0.3, -0.25) is 9.48 Å². The molecule has 0 unspecified atom stereocenters. The van der Waals surface area contributed by atoms with Crippen LogP contribution in [-0.4, -0.2) is 35.5 Å². The van der Waals surface area contributed by atoms with E-state index in [4.69, 9.17) is 4.98 Å². The molecular formula is C23H27FN4O3S2.